The van der Waals surface area contributed by atoms with Gasteiger partial charge in [-0.15, -0.1) is 0 Å². The minimum absolute atomic E-state index is 0.152. The first-order valence-electron chi connectivity index (χ1n) is 9.76. The lowest BCUT2D eigenvalue weighted by Crippen LogP contribution is -2.23. The molecular weight excluding hydrogens is 351 g/mol. The van der Waals surface area contributed by atoms with E-state index in [2.05, 4.69) is 0 Å². The van der Waals surface area contributed by atoms with Gasteiger partial charge in [0, 0.05) is 5.56 Å². The first-order chi connectivity index (χ1) is 12.6. The molecule has 6 heteroatoms. The summed E-state index contributed by atoms with van der Waals surface area (Å²) in [4.78, 5) is 13.1. The molecule has 2 aliphatic carbocycles. The van der Waals surface area contributed by atoms with Crippen molar-refractivity contribution in [1.82, 2.24) is 0 Å². The van der Waals surface area contributed by atoms with Crippen LogP contribution in [0.4, 0.5) is 0 Å². The summed E-state index contributed by atoms with van der Waals surface area (Å²) in [6.45, 7) is 0. The smallest absolute Gasteiger partial charge is 0.402 e. The maximum atomic E-state index is 13.6. The van der Waals surface area contributed by atoms with Crippen molar-refractivity contribution in [1.29, 1.82) is 0 Å². The Morgan fingerprint density at radius 2 is 1.31 bits per heavy atom. The van der Waals surface area contributed by atoms with Crippen LogP contribution in [-0.4, -0.2) is 24.8 Å². The minimum Gasteiger partial charge on any atom is -0.497 e. The predicted molar refractivity (Wildman–Crippen MR) is 101 cm³/mol. The summed E-state index contributed by atoms with van der Waals surface area (Å²) in [6.07, 6.45) is 9.58. The molecule has 5 nitrogen and oxygen atoms in total. The molecule has 1 aromatic carbocycles. The quantitative estimate of drug-likeness (QED) is 0.566. The average molecular weight is 380 g/mol. The highest BCUT2D eigenvalue weighted by Gasteiger charge is 2.41. The largest absolute Gasteiger partial charge is 0.497 e. The zero-order valence-corrected chi connectivity index (χ0v) is 16.4. The molecule has 0 aromatic heterocycles. The van der Waals surface area contributed by atoms with Crippen molar-refractivity contribution in [3.8, 4) is 5.75 Å². The van der Waals surface area contributed by atoms with Crippen LogP contribution in [0.25, 0.3) is 0 Å². The number of carbonyl (C=O) groups is 1. The molecular formula is C20H29O5P. The van der Waals surface area contributed by atoms with Gasteiger partial charge in [0.15, 0.2) is 0 Å². The molecule has 0 spiro atoms. The molecule has 0 N–H and O–H groups in total. The Labute approximate surface area is 155 Å². The van der Waals surface area contributed by atoms with Crippen molar-refractivity contribution < 1.29 is 23.1 Å². The van der Waals surface area contributed by atoms with Crippen LogP contribution in [0.5, 0.6) is 5.75 Å². The van der Waals surface area contributed by atoms with E-state index in [0.29, 0.717) is 11.3 Å². The summed E-state index contributed by atoms with van der Waals surface area (Å²) in [5.41, 5.74) is -0.183. The highest BCUT2D eigenvalue weighted by Crippen LogP contribution is 2.55. The Kier molecular flexibility index (Phi) is 6.91. The van der Waals surface area contributed by atoms with Crippen molar-refractivity contribution in [2.75, 3.05) is 7.11 Å². The van der Waals surface area contributed by atoms with Crippen molar-refractivity contribution in [3.63, 3.8) is 0 Å². The van der Waals surface area contributed by atoms with Gasteiger partial charge >= 0.3 is 7.60 Å². The summed E-state index contributed by atoms with van der Waals surface area (Å²) in [7, 11) is -2.30. The van der Waals surface area contributed by atoms with Gasteiger partial charge in [-0.2, -0.15) is 0 Å². The van der Waals surface area contributed by atoms with E-state index in [1.54, 1.807) is 31.4 Å². The number of hydrogen-bond acceptors (Lipinski definition) is 5. The van der Waals surface area contributed by atoms with Crippen molar-refractivity contribution in [2.45, 2.75) is 76.4 Å². The normalized spacial score (nSPS) is 20.0. The molecule has 0 bridgehead atoms. The average Bonchev–Trinajstić information content (AvgIpc) is 2.69. The number of carbonyl (C=O) groups excluding carboxylic acids is 1. The Morgan fingerprint density at radius 3 is 1.73 bits per heavy atom. The lowest BCUT2D eigenvalue weighted by molar-refractivity contribution is 0.0682. The molecule has 2 aliphatic rings. The topological polar surface area (TPSA) is 61.8 Å². The van der Waals surface area contributed by atoms with Crippen molar-refractivity contribution in [2.24, 2.45) is 0 Å². The molecule has 0 atom stereocenters. The monoisotopic (exact) mass is 380 g/mol. The number of ether oxygens (including phenoxy) is 1. The summed E-state index contributed by atoms with van der Waals surface area (Å²) >= 11 is 0. The lowest BCUT2D eigenvalue weighted by Gasteiger charge is -2.30. The van der Waals surface area contributed by atoms with E-state index in [-0.39, 0.29) is 12.2 Å². The molecule has 3 rings (SSSR count). The fourth-order valence-corrected chi connectivity index (χ4v) is 5.66. The van der Waals surface area contributed by atoms with E-state index in [4.69, 9.17) is 13.8 Å². The molecule has 2 saturated carbocycles. The highest BCUT2D eigenvalue weighted by molar-refractivity contribution is 7.72. The molecule has 1 aromatic rings. The molecule has 0 aliphatic heterocycles. The fourth-order valence-electron chi connectivity index (χ4n) is 3.75. The second kappa shape index (κ2) is 9.16. The molecule has 0 amide bonds. The number of methoxy groups -OCH3 is 1. The predicted octanol–water partition coefficient (Wildman–Crippen LogP) is 5.73. The SMILES string of the molecule is COc1ccc(C(=O)P(=O)(OC2CCCCC2)OC2CCCCC2)cc1. The minimum atomic E-state index is -3.87. The van der Waals surface area contributed by atoms with Gasteiger partial charge in [-0.1, -0.05) is 38.5 Å². The van der Waals surface area contributed by atoms with Crippen LogP contribution in [0.3, 0.4) is 0 Å². The van der Waals surface area contributed by atoms with Crippen LogP contribution < -0.4 is 4.74 Å². The molecule has 144 valence electrons. The first-order valence-corrected chi connectivity index (χ1v) is 11.3. The van der Waals surface area contributed by atoms with E-state index in [1.807, 2.05) is 0 Å². The molecule has 0 radical (unpaired) electrons. The summed E-state index contributed by atoms with van der Waals surface area (Å²) < 4.78 is 30.5. The molecule has 2 fully saturated rings. The third-order valence-electron chi connectivity index (χ3n) is 5.27. The zero-order valence-electron chi connectivity index (χ0n) is 15.5. The van der Waals surface area contributed by atoms with E-state index in [1.165, 1.54) is 12.8 Å². The molecule has 0 heterocycles. The van der Waals surface area contributed by atoms with E-state index in [9.17, 15) is 9.36 Å². The zero-order chi connectivity index (χ0) is 18.4. The van der Waals surface area contributed by atoms with Gasteiger partial charge in [0.25, 0.3) is 5.52 Å². The van der Waals surface area contributed by atoms with Gasteiger partial charge in [-0.05, 0) is 49.9 Å². The fraction of sp³-hybridized carbons (Fsp3) is 0.650. The number of benzene rings is 1. The molecule has 0 unspecified atom stereocenters. The number of rotatable bonds is 7. The van der Waals surface area contributed by atoms with Crippen LogP contribution in [0.2, 0.25) is 0 Å². The maximum absolute atomic E-state index is 13.6. The summed E-state index contributed by atoms with van der Waals surface area (Å²) in [5, 5.41) is 0. The van der Waals surface area contributed by atoms with E-state index < -0.39 is 13.1 Å². The van der Waals surface area contributed by atoms with E-state index in [0.717, 1.165) is 51.4 Å². The van der Waals surface area contributed by atoms with Gasteiger partial charge in [-0.25, -0.2) is 0 Å². The summed E-state index contributed by atoms with van der Waals surface area (Å²) in [6, 6.07) is 6.64. The second-order valence-electron chi connectivity index (χ2n) is 7.26. The maximum Gasteiger partial charge on any atom is 0.402 e. The number of hydrogen-bond donors (Lipinski definition) is 0. The van der Waals surface area contributed by atoms with Gasteiger partial charge in [-0.3, -0.25) is 18.4 Å². The van der Waals surface area contributed by atoms with E-state index >= 15 is 0 Å². The van der Waals surface area contributed by atoms with Gasteiger partial charge in [0.2, 0.25) is 0 Å². The Hall–Kier alpha value is -1.16. The Balaban J connectivity index is 1.79. The van der Waals surface area contributed by atoms with Crippen molar-refractivity contribution >= 4 is 13.1 Å². The standard InChI is InChI=1S/C20H29O5P/c1-23-17-14-12-16(13-15-17)20(21)26(22,24-18-8-4-2-5-9-18)25-19-10-6-3-7-11-19/h12-15,18-19H,2-11H2,1H3. The lowest BCUT2D eigenvalue weighted by atomic mass is 9.98. The Morgan fingerprint density at radius 1 is 0.846 bits per heavy atom. The third-order valence-corrected chi connectivity index (χ3v) is 7.17. The van der Waals surface area contributed by atoms with Gasteiger partial charge in [0.1, 0.15) is 5.75 Å². The van der Waals surface area contributed by atoms with Crippen LogP contribution in [0.1, 0.15) is 74.6 Å². The third kappa shape index (κ3) is 4.97. The molecule has 26 heavy (non-hydrogen) atoms. The van der Waals surface area contributed by atoms with Crippen LogP contribution in [0.15, 0.2) is 24.3 Å². The second-order valence-corrected chi connectivity index (χ2v) is 9.08. The van der Waals surface area contributed by atoms with Crippen LogP contribution in [0, 0.1) is 0 Å². The van der Waals surface area contributed by atoms with Crippen LogP contribution in [-0.2, 0) is 13.6 Å². The van der Waals surface area contributed by atoms with Gasteiger partial charge in [0.05, 0.1) is 19.3 Å². The van der Waals surface area contributed by atoms with Crippen LogP contribution >= 0.6 is 7.60 Å². The van der Waals surface area contributed by atoms with Gasteiger partial charge < -0.3 is 4.74 Å². The molecule has 0 saturated heterocycles. The highest BCUT2D eigenvalue weighted by atomic mass is 31.2. The van der Waals surface area contributed by atoms with Crippen molar-refractivity contribution in [3.05, 3.63) is 29.8 Å². The first kappa shape index (κ1) is 19.6. The summed E-state index contributed by atoms with van der Waals surface area (Å²) in [5.74, 6) is 0.651. The Bertz CT molecular complexity index is 606.